The summed E-state index contributed by atoms with van der Waals surface area (Å²) in [6, 6.07) is 7.50. The molecule has 4 rings (SSSR count). The Balaban J connectivity index is 2.16. The zero-order valence-corrected chi connectivity index (χ0v) is 30.8. The fraction of sp³-hybridized carbons (Fsp3) is 0.459. The Morgan fingerprint density at radius 3 is 1.65 bits per heavy atom. The van der Waals surface area contributed by atoms with Crippen LogP contribution >= 0.6 is 0 Å². The van der Waals surface area contributed by atoms with Crippen molar-refractivity contribution in [1.82, 2.24) is 0 Å². The van der Waals surface area contributed by atoms with Crippen LogP contribution in [0.25, 0.3) is 0 Å². The van der Waals surface area contributed by atoms with Crippen LogP contribution in [0.2, 0.25) is 0 Å². The van der Waals surface area contributed by atoms with E-state index in [1.54, 1.807) is 12.1 Å². The number of benzene rings is 2. The van der Waals surface area contributed by atoms with Gasteiger partial charge in [0.25, 0.3) is 0 Å². The number of carbonyl (C=O) groups is 8. The van der Waals surface area contributed by atoms with Gasteiger partial charge in [-0.1, -0.05) is 18.2 Å². The predicted molar refractivity (Wildman–Crippen MR) is 178 cm³/mol. The second kappa shape index (κ2) is 17.3. The molecule has 0 spiro atoms. The summed E-state index contributed by atoms with van der Waals surface area (Å²) < 4.78 is 51.3. The molecule has 17 heteroatoms. The van der Waals surface area contributed by atoms with Gasteiger partial charge in [0, 0.05) is 72.4 Å². The molecule has 1 saturated heterocycles. The van der Waals surface area contributed by atoms with Gasteiger partial charge >= 0.3 is 47.8 Å². The molecule has 7 unspecified atom stereocenters. The van der Waals surface area contributed by atoms with Crippen LogP contribution in [0.3, 0.4) is 0 Å². The second-order valence-electron chi connectivity index (χ2n) is 12.5. The van der Waals surface area contributed by atoms with Crippen LogP contribution in [0, 0.1) is 0 Å². The van der Waals surface area contributed by atoms with Crippen molar-refractivity contribution in [3.05, 3.63) is 58.1 Å². The minimum Gasteiger partial charge on any atom is -0.463 e. The molecule has 290 valence electrons. The standard InChI is InChI=1S/C37H40O17/c1-16(38)46-14-24-12-26-30(35-37(53-23(8)45)36(52-22(7)44)33(50-20(5)42)29(54-35)15-47-17(2)39)25-10-9-11-27(48-18(3)40)31(25)34(51-21(6)43)32(26)28(13-24)49-19(4)41/h9-13,29-30,33-37H,14-15H2,1-8H3. The second-order valence-corrected chi connectivity index (χ2v) is 12.5. The van der Waals surface area contributed by atoms with Gasteiger partial charge in [-0.3, -0.25) is 38.4 Å². The normalized spacial score (nSPS) is 22.6. The third kappa shape index (κ3) is 9.77. The Kier molecular flexibility index (Phi) is 13.1. The molecule has 2 aromatic rings. The van der Waals surface area contributed by atoms with Gasteiger partial charge in [0.15, 0.2) is 24.4 Å². The zero-order valence-electron chi connectivity index (χ0n) is 30.8. The number of carbonyl (C=O) groups excluding carboxylic acids is 8. The van der Waals surface area contributed by atoms with Crippen LogP contribution in [-0.2, 0) is 78.1 Å². The predicted octanol–water partition coefficient (Wildman–Crippen LogP) is 2.82. The lowest BCUT2D eigenvalue weighted by Crippen LogP contribution is -2.63. The summed E-state index contributed by atoms with van der Waals surface area (Å²) in [7, 11) is 0. The Morgan fingerprint density at radius 1 is 0.556 bits per heavy atom. The van der Waals surface area contributed by atoms with Crippen LogP contribution in [-0.4, -0.2) is 84.9 Å². The molecule has 54 heavy (non-hydrogen) atoms. The van der Waals surface area contributed by atoms with E-state index >= 15 is 0 Å². The molecule has 0 radical (unpaired) electrons. The molecule has 0 N–H and O–H groups in total. The Hall–Kier alpha value is -5.84. The van der Waals surface area contributed by atoms with E-state index in [0.29, 0.717) is 0 Å². The minimum atomic E-state index is -1.58. The summed E-state index contributed by atoms with van der Waals surface area (Å²) >= 11 is 0. The van der Waals surface area contributed by atoms with Crippen molar-refractivity contribution in [2.75, 3.05) is 6.61 Å². The van der Waals surface area contributed by atoms with Crippen LogP contribution in [0.1, 0.15) is 95.2 Å². The van der Waals surface area contributed by atoms with Gasteiger partial charge in [0.05, 0.1) is 0 Å². The first-order valence-electron chi connectivity index (χ1n) is 16.6. The molecule has 0 bridgehead atoms. The van der Waals surface area contributed by atoms with Crippen molar-refractivity contribution < 1.29 is 81.0 Å². The van der Waals surface area contributed by atoms with Crippen molar-refractivity contribution in [3.8, 4) is 11.5 Å². The Bertz CT molecular complexity index is 1850. The lowest BCUT2D eigenvalue weighted by Gasteiger charge is -2.48. The molecule has 1 heterocycles. The molecular weight excluding hydrogens is 716 g/mol. The average Bonchev–Trinajstić information content (AvgIpc) is 3.03. The Labute approximate surface area is 309 Å². The van der Waals surface area contributed by atoms with Crippen molar-refractivity contribution in [2.45, 2.75) is 105 Å². The maximum Gasteiger partial charge on any atom is 0.308 e. The van der Waals surface area contributed by atoms with Crippen molar-refractivity contribution in [2.24, 2.45) is 0 Å². The quantitative estimate of drug-likeness (QED) is 0.183. The highest BCUT2D eigenvalue weighted by Crippen LogP contribution is 2.54. The van der Waals surface area contributed by atoms with E-state index in [2.05, 4.69) is 0 Å². The van der Waals surface area contributed by atoms with Gasteiger partial charge < -0.3 is 42.6 Å². The summed E-state index contributed by atoms with van der Waals surface area (Å²) in [6.07, 6.45) is -8.83. The number of esters is 8. The Morgan fingerprint density at radius 2 is 1.09 bits per heavy atom. The van der Waals surface area contributed by atoms with Gasteiger partial charge in [-0.05, 0) is 28.8 Å². The van der Waals surface area contributed by atoms with Gasteiger partial charge in [-0.25, -0.2) is 0 Å². The van der Waals surface area contributed by atoms with E-state index in [4.69, 9.17) is 42.6 Å². The zero-order chi connectivity index (χ0) is 40.0. The summed E-state index contributed by atoms with van der Waals surface area (Å²) in [4.78, 5) is 99.4. The topological polar surface area (TPSA) is 220 Å². The van der Waals surface area contributed by atoms with E-state index in [1.165, 1.54) is 25.1 Å². The summed E-state index contributed by atoms with van der Waals surface area (Å²) in [6.45, 7) is 8.14. The van der Waals surface area contributed by atoms with Crippen molar-refractivity contribution >= 4 is 47.8 Å². The van der Waals surface area contributed by atoms with Gasteiger partial charge in [0.1, 0.15) is 36.9 Å². The van der Waals surface area contributed by atoms with E-state index in [1.807, 2.05) is 0 Å². The third-order valence-corrected chi connectivity index (χ3v) is 8.12. The molecule has 2 aliphatic rings. The molecule has 1 aliphatic carbocycles. The molecule has 0 aromatic heterocycles. The first-order chi connectivity index (χ1) is 25.4. The number of hydrogen-bond donors (Lipinski definition) is 0. The third-order valence-electron chi connectivity index (χ3n) is 8.12. The molecule has 17 nitrogen and oxygen atoms in total. The smallest absolute Gasteiger partial charge is 0.308 e. The highest BCUT2D eigenvalue weighted by Gasteiger charge is 2.56. The number of hydrogen-bond acceptors (Lipinski definition) is 17. The van der Waals surface area contributed by atoms with E-state index in [0.717, 1.165) is 48.5 Å². The highest BCUT2D eigenvalue weighted by molar-refractivity contribution is 5.75. The fourth-order valence-electron chi connectivity index (χ4n) is 6.59. The van der Waals surface area contributed by atoms with Crippen LogP contribution in [0.15, 0.2) is 30.3 Å². The van der Waals surface area contributed by atoms with Gasteiger partial charge in [-0.15, -0.1) is 0 Å². The van der Waals surface area contributed by atoms with Gasteiger partial charge in [-0.2, -0.15) is 0 Å². The lowest BCUT2D eigenvalue weighted by molar-refractivity contribution is -0.254. The molecule has 2 aromatic carbocycles. The molecule has 7 atom stereocenters. The van der Waals surface area contributed by atoms with Crippen LogP contribution in [0.5, 0.6) is 11.5 Å². The summed E-state index contributed by atoms with van der Waals surface area (Å²) in [5.74, 6) is -7.63. The number of ether oxygens (including phenoxy) is 9. The van der Waals surface area contributed by atoms with Crippen LogP contribution in [0.4, 0.5) is 0 Å². The van der Waals surface area contributed by atoms with Gasteiger partial charge in [0.2, 0.25) is 0 Å². The summed E-state index contributed by atoms with van der Waals surface area (Å²) in [5.41, 5.74) is 0.950. The van der Waals surface area contributed by atoms with E-state index in [9.17, 15) is 38.4 Å². The monoisotopic (exact) mass is 756 g/mol. The van der Waals surface area contributed by atoms with Crippen molar-refractivity contribution in [3.63, 3.8) is 0 Å². The number of fused-ring (bicyclic) bond motifs is 2. The van der Waals surface area contributed by atoms with E-state index < -0.39 is 96.9 Å². The van der Waals surface area contributed by atoms with Crippen molar-refractivity contribution in [1.29, 1.82) is 0 Å². The summed E-state index contributed by atoms with van der Waals surface area (Å²) in [5, 5.41) is 0. The number of rotatable bonds is 11. The molecular formula is C37H40O17. The average molecular weight is 757 g/mol. The molecule has 0 amide bonds. The maximum absolute atomic E-state index is 12.8. The first-order valence-corrected chi connectivity index (χ1v) is 16.6. The lowest BCUT2D eigenvalue weighted by atomic mass is 9.70. The minimum absolute atomic E-state index is 0.0645. The molecule has 1 fully saturated rings. The highest BCUT2D eigenvalue weighted by atomic mass is 16.7. The fourth-order valence-corrected chi connectivity index (χ4v) is 6.59. The largest absolute Gasteiger partial charge is 0.463 e. The maximum atomic E-state index is 12.8. The first kappa shape index (κ1) is 40.9. The SMILES string of the molecule is CC(=O)OCc1cc(OC(C)=O)c2c(c1)C(C1OC(COC(C)=O)C(OC(C)=O)C(OC(C)=O)C1OC(C)=O)c1cccc(OC(C)=O)c1C2OC(C)=O. The molecule has 1 aliphatic heterocycles. The molecule has 0 saturated carbocycles. The van der Waals surface area contributed by atoms with Crippen LogP contribution < -0.4 is 9.47 Å². The van der Waals surface area contributed by atoms with E-state index in [-0.39, 0.29) is 45.9 Å².